The van der Waals surface area contributed by atoms with Crippen LogP contribution in [-0.4, -0.2) is 25.3 Å². The molecule has 0 saturated carbocycles. The van der Waals surface area contributed by atoms with Crippen LogP contribution in [0.2, 0.25) is 0 Å². The third-order valence-corrected chi connectivity index (χ3v) is 4.37. The van der Waals surface area contributed by atoms with Crippen LogP contribution in [-0.2, 0) is 22.6 Å². The predicted octanol–water partition coefficient (Wildman–Crippen LogP) is 2.69. The molecule has 2 aromatic carbocycles. The molecular weight excluding hydrogens is 318 g/mol. The van der Waals surface area contributed by atoms with Crippen LogP contribution in [0.4, 0.5) is 0 Å². The van der Waals surface area contributed by atoms with Crippen molar-refractivity contribution in [1.82, 2.24) is 5.32 Å². The van der Waals surface area contributed by atoms with E-state index in [9.17, 15) is 4.79 Å². The maximum absolute atomic E-state index is 12.0. The van der Waals surface area contributed by atoms with Crippen molar-refractivity contribution in [2.45, 2.75) is 19.1 Å². The predicted molar refractivity (Wildman–Crippen MR) is 93.3 cm³/mol. The zero-order valence-corrected chi connectivity index (χ0v) is 13.7. The quantitative estimate of drug-likeness (QED) is 0.872. The minimum atomic E-state index is -0.139. The van der Waals surface area contributed by atoms with E-state index < -0.39 is 0 Å². The van der Waals surface area contributed by atoms with Crippen molar-refractivity contribution in [2.75, 3.05) is 13.3 Å². The smallest absolute Gasteiger partial charge is 0.244 e. The summed E-state index contributed by atoms with van der Waals surface area (Å²) in [5.74, 6) is 1.30. The number of nitrogens with one attached hydrogen (secondary N) is 1. The molecular formula is C20H19NO4. The average Bonchev–Trinajstić information content (AvgIpc) is 3.12. The highest BCUT2D eigenvalue weighted by molar-refractivity contribution is 5.91. The first-order valence-electron chi connectivity index (χ1n) is 8.32. The molecule has 5 nitrogen and oxygen atoms in total. The van der Waals surface area contributed by atoms with Crippen LogP contribution in [0.15, 0.2) is 48.5 Å². The van der Waals surface area contributed by atoms with Crippen molar-refractivity contribution < 1.29 is 19.0 Å². The van der Waals surface area contributed by atoms with E-state index in [1.54, 1.807) is 6.08 Å². The summed E-state index contributed by atoms with van der Waals surface area (Å²) in [5, 5.41) is 2.90. The molecule has 1 N–H and O–H groups in total. The van der Waals surface area contributed by atoms with Crippen LogP contribution in [0, 0.1) is 0 Å². The molecule has 0 aliphatic carbocycles. The summed E-state index contributed by atoms with van der Waals surface area (Å²) >= 11 is 0. The minimum Gasteiger partial charge on any atom is -0.454 e. The lowest BCUT2D eigenvalue weighted by Gasteiger charge is -2.25. The van der Waals surface area contributed by atoms with Gasteiger partial charge in [-0.2, -0.15) is 0 Å². The molecule has 0 aromatic heterocycles. The van der Waals surface area contributed by atoms with E-state index in [0.29, 0.717) is 18.9 Å². The van der Waals surface area contributed by atoms with Crippen molar-refractivity contribution in [3.05, 3.63) is 65.2 Å². The van der Waals surface area contributed by atoms with Gasteiger partial charge in [0.15, 0.2) is 11.5 Å². The lowest BCUT2D eigenvalue weighted by atomic mass is 9.99. The van der Waals surface area contributed by atoms with E-state index in [2.05, 4.69) is 17.4 Å². The van der Waals surface area contributed by atoms with Gasteiger partial charge in [-0.15, -0.1) is 0 Å². The number of amides is 1. The van der Waals surface area contributed by atoms with Crippen molar-refractivity contribution in [3.8, 4) is 11.5 Å². The molecule has 0 radical (unpaired) electrons. The van der Waals surface area contributed by atoms with E-state index in [0.717, 1.165) is 17.7 Å². The van der Waals surface area contributed by atoms with Gasteiger partial charge in [-0.3, -0.25) is 4.79 Å². The SMILES string of the molecule is O=C(/C=C/c1ccc2c(c1)OCO2)NCC1Cc2ccccc2CO1. The highest BCUT2D eigenvalue weighted by Gasteiger charge is 2.18. The summed E-state index contributed by atoms with van der Waals surface area (Å²) in [6.45, 7) is 1.34. The summed E-state index contributed by atoms with van der Waals surface area (Å²) < 4.78 is 16.4. The monoisotopic (exact) mass is 337 g/mol. The molecule has 0 saturated heterocycles. The lowest BCUT2D eigenvalue weighted by molar-refractivity contribution is -0.117. The Hall–Kier alpha value is -2.79. The second-order valence-electron chi connectivity index (χ2n) is 6.10. The third-order valence-electron chi connectivity index (χ3n) is 4.37. The zero-order valence-electron chi connectivity index (χ0n) is 13.7. The summed E-state index contributed by atoms with van der Waals surface area (Å²) in [6.07, 6.45) is 4.11. The van der Waals surface area contributed by atoms with Crippen LogP contribution >= 0.6 is 0 Å². The molecule has 128 valence electrons. The zero-order chi connectivity index (χ0) is 17.1. The van der Waals surface area contributed by atoms with Gasteiger partial charge in [0.2, 0.25) is 12.7 Å². The van der Waals surface area contributed by atoms with Gasteiger partial charge < -0.3 is 19.5 Å². The highest BCUT2D eigenvalue weighted by atomic mass is 16.7. The first kappa shape index (κ1) is 15.7. The first-order chi connectivity index (χ1) is 12.3. The average molecular weight is 337 g/mol. The number of ether oxygens (including phenoxy) is 3. The van der Waals surface area contributed by atoms with Gasteiger partial charge in [0.25, 0.3) is 0 Å². The summed E-state index contributed by atoms with van der Waals surface area (Å²) in [6, 6.07) is 13.8. The Morgan fingerprint density at radius 2 is 1.96 bits per heavy atom. The molecule has 2 aliphatic heterocycles. The number of hydrogen-bond donors (Lipinski definition) is 1. The molecule has 0 bridgehead atoms. The fourth-order valence-electron chi connectivity index (χ4n) is 3.00. The topological polar surface area (TPSA) is 56.8 Å². The molecule has 0 spiro atoms. The minimum absolute atomic E-state index is 0.0118. The molecule has 1 unspecified atom stereocenters. The molecule has 2 heterocycles. The Morgan fingerprint density at radius 1 is 1.12 bits per heavy atom. The maximum Gasteiger partial charge on any atom is 0.244 e. The molecule has 2 aliphatic rings. The fraction of sp³-hybridized carbons (Fsp3) is 0.250. The Morgan fingerprint density at radius 3 is 2.88 bits per heavy atom. The molecule has 25 heavy (non-hydrogen) atoms. The van der Waals surface area contributed by atoms with Gasteiger partial charge in [-0.1, -0.05) is 30.3 Å². The lowest BCUT2D eigenvalue weighted by Crippen LogP contribution is -2.36. The first-order valence-corrected chi connectivity index (χ1v) is 8.32. The number of carbonyl (C=O) groups excluding carboxylic acids is 1. The van der Waals surface area contributed by atoms with E-state index in [4.69, 9.17) is 14.2 Å². The Bertz CT molecular complexity index is 815. The van der Waals surface area contributed by atoms with Gasteiger partial charge in [0, 0.05) is 19.0 Å². The second kappa shape index (κ2) is 6.99. The Kier molecular flexibility index (Phi) is 4.39. The van der Waals surface area contributed by atoms with Gasteiger partial charge in [-0.25, -0.2) is 0 Å². The van der Waals surface area contributed by atoms with Crippen LogP contribution in [0.25, 0.3) is 6.08 Å². The van der Waals surface area contributed by atoms with Crippen LogP contribution in [0.5, 0.6) is 11.5 Å². The summed E-state index contributed by atoms with van der Waals surface area (Å²) in [7, 11) is 0. The van der Waals surface area contributed by atoms with Crippen LogP contribution < -0.4 is 14.8 Å². The number of carbonyl (C=O) groups is 1. The molecule has 0 fully saturated rings. The molecule has 1 atom stereocenters. The summed E-state index contributed by atoms with van der Waals surface area (Å²) in [5.41, 5.74) is 3.42. The van der Waals surface area contributed by atoms with Gasteiger partial charge in [-0.05, 0) is 34.9 Å². The van der Waals surface area contributed by atoms with Gasteiger partial charge in [0.05, 0.1) is 12.7 Å². The maximum atomic E-state index is 12.0. The van der Waals surface area contributed by atoms with Gasteiger partial charge in [0.1, 0.15) is 0 Å². The normalized spacial score (nSPS) is 18.2. The Labute approximate surface area is 146 Å². The van der Waals surface area contributed by atoms with Crippen molar-refractivity contribution >= 4 is 12.0 Å². The summed E-state index contributed by atoms with van der Waals surface area (Å²) in [4.78, 5) is 12.0. The Balaban J connectivity index is 1.29. The van der Waals surface area contributed by atoms with E-state index in [1.807, 2.05) is 30.3 Å². The van der Waals surface area contributed by atoms with Gasteiger partial charge >= 0.3 is 0 Å². The number of rotatable bonds is 4. The van der Waals surface area contributed by atoms with E-state index in [-0.39, 0.29) is 18.8 Å². The molecule has 4 rings (SSSR count). The number of benzene rings is 2. The van der Waals surface area contributed by atoms with E-state index >= 15 is 0 Å². The molecule has 5 heteroatoms. The number of hydrogen-bond acceptors (Lipinski definition) is 4. The standard InChI is InChI=1S/C20H19NO4/c22-20(8-6-14-5-7-18-19(9-14)25-13-24-18)21-11-17-10-15-3-1-2-4-16(15)12-23-17/h1-9,17H,10-13H2,(H,21,22)/b8-6+. The number of fused-ring (bicyclic) bond motifs is 2. The third kappa shape index (κ3) is 3.67. The van der Waals surface area contributed by atoms with Crippen molar-refractivity contribution in [2.24, 2.45) is 0 Å². The van der Waals surface area contributed by atoms with E-state index in [1.165, 1.54) is 17.2 Å². The van der Waals surface area contributed by atoms with Crippen molar-refractivity contribution in [3.63, 3.8) is 0 Å². The van der Waals surface area contributed by atoms with Crippen molar-refractivity contribution in [1.29, 1.82) is 0 Å². The molecule has 2 aromatic rings. The molecule has 1 amide bonds. The fourth-order valence-corrected chi connectivity index (χ4v) is 3.00. The van der Waals surface area contributed by atoms with Crippen LogP contribution in [0.3, 0.4) is 0 Å². The van der Waals surface area contributed by atoms with Crippen LogP contribution in [0.1, 0.15) is 16.7 Å². The second-order valence-corrected chi connectivity index (χ2v) is 6.10. The highest BCUT2D eigenvalue weighted by Crippen LogP contribution is 2.32. The largest absolute Gasteiger partial charge is 0.454 e.